The van der Waals surface area contributed by atoms with Crippen molar-refractivity contribution in [1.29, 1.82) is 0 Å². The summed E-state index contributed by atoms with van der Waals surface area (Å²) in [6, 6.07) is 14.9. The van der Waals surface area contributed by atoms with Gasteiger partial charge in [0.25, 0.3) is 0 Å². The van der Waals surface area contributed by atoms with Gasteiger partial charge in [-0.1, -0.05) is 50.2 Å². The summed E-state index contributed by atoms with van der Waals surface area (Å²) in [4.78, 5) is 1.31. The first-order valence-electron chi connectivity index (χ1n) is 6.55. The van der Waals surface area contributed by atoms with Crippen LogP contribution in [0.25, 0.3) is 0 Å². The standard InChI is InChI=1S/C16H21NOS/c1-16(2,12-18)11-17-15(14-9-6-10-19-14)13-7-4-3-5-8-13/h3-10,15,17-18H,11-12H2,1-2H3. The van der Waals surface area contributed by atoms with Crippen LogP contribution < -0.4 is 5.32 Å². The molecule has 19 heavy (non-hydrogen) atoms. The Labute approximate surface area is 119 Å². The zero-order valence-corrected chi connectivity index (χ0v) is 12.3. The van der Waals surface area contributed by atoms with Crippen LogP contribution in [0.3, 0.4) is 0 Å². The van der Waals surface area contributed by atoms with Gasteiger partial charge in [-0.05, 0) is 17.0 Å². The molecule has 1 aromatic heterocycles. The summed E-state index contributed by atoms with van der Waals surface area (Å²) in [5, 5.41) is 15.1. The van der Waals surface area contributed by atoms with Crippen LogP contribution in [0.5, 0.6) is 0 Å². The number of aliphatic hydroxyl groups excluding tert-OH is 1. The summed E-state index contributed by atoms with van der Waals surface area (Å²) in [6.45, 7) is 5.10. The minimum Gasteiger partial charge on any atom is -0.396 e. The quantitative estimate of drug-likeness (QED) is 0.846. The molecule has 0 aliphatic heterocycles. The summed E-state index contributed by atoms with van der Waals surface area (Å²) in [6.07, 6.45) is 0. The van der Waals surface area contributed by atoms with E-state index in [9.17, 15) is 5.11 Å². The zero-order chi connectivity index (χ0) is 13.7. The van der Waals surface area contributed by atoms with E-state index in [2.05, 4.69) is 60.9 Å². The van der Waals surface area contributed by atoms with Gasteiger partial charge < -0.3 is 10.4 Å². The van der Waals surface area contributed by atoms with E-state index < -0.39 is 0 Å². The van der Waals surface area contributed by atoms with Gasteiger partial charge in [-0.25, -0.2) is 0 Å². The average molecular weight is 275 g/mol. The minimum absolute atomic E-state index is 0.107. The van der Waals surface area contributed by atoms with Crippen LogP contribution in [0.2, 0.25) is 0 Å². The third-order valence-electron chi connectivity index (χ3n) is 3.17. The predicted octanol–water partition coefficient (Wildman–Crippen LogP) is 3.45. The van der Waals surface area contributed by atoms with Crippen molar-refractivity contribution in [3.63, 3.8) is 0 Å². The molecule has 0 amide bonds. The van der Waals surface area contributed by atoms with E-state index in [1.807, 2.05) is 6.07 Å². The number of nitrogens with one attached hydrogen (secondary N) is 1. The van der Waals surface area contributed by atoms with E-state index in [-0.39, 0.29) is 18.1 Å². The molecule has 0 aliphatic rings. The van der Waals surface area contributed by atoms with Gasteiger partial charge in [0.15, 0.2) is 0 Å². The molecule has 0 aliphatic carbocycles. The Morgan fingerprint density at radius 3 is 2.47 bits per heavy atom. The lowest BCUT2D eigenvalue weighted by molar-refractivity contribution is 0.155. The van der Waals surface area contributed by atoms with E-state index in [4.69, 9.17) is 0 Å². The summed E-state index contributed by atoms with van der Waals surface area (Å²) >= 11 is 1.76. The molecule has 1 aromatic carbocycles. The molecule has 2 rings (SSSR count). The van der Waals surface area contributed by atoms with Crippen molar-refractivity contribution >= 4 is 11.3 Å². The second-order valence-corrected chi connectivity index (χ2v) is 6.54. The molecule has 0 saturated heterocycles. The number of hydrogen-bond donors (Lipinski definition) is 2. The second kappa shape index (κ2) is 6.33. The smallest absolute Gasteiger partial charge is 0.0671 e. The minimum atomic E-state index is -0.107. The van der Waals surface area contributed by atoms with Crippen molar-refractivity contribution in [2.24, 2.45) is 5.41 Å². The molecule has 2 N–H and O–H groups in total. The molecule has 0 saturated carbocycles. The Morgan fingerprint density at radius 2 is 1.89 bits per heavy atom. The Bertz CT molecular complexity index is 479. The molecule has 0 bridgehead atoms. The van der Waals surface area contributed by atoms with Gasteiger partial charge in [0.05, 0.1) is 6.04 Å². The zero-order valence-electron chi connectivity index (χ0n) is 11.5. The lowest BCUT2D eigenvalue weighted by Crippen LogP contribution is -2.34. The second-order valence-electron chi connectivity index (χ2n) is 5.56. The molecule has 1 unspecified atom stereocenters. The third-order valence-corrected chi connectivity index (χ3v) is 4.11. The van der Waals surface area contributed by atoms with Crippen LogP contribution in [0.1, 0.15) is 30.3 Å². The lowest BCUT2D eigenvalue weighted by atomic mass is 9.94. The third kappa shape index (κ3) is 3.90. The first-order valence-corrected chi connectivity index (χ1v) is 7.43. The van der Waals surface area contributed by atoms with Crippen molar-refractivity contribution in [1.82, 2.24) is 5.32 Å². The van der Waals surface area contributed by atoms with E-state index >= 15 is 0 Å². The number of aliphatic hydroxyl groups is 1. The molecule has 2 aromatic rings. The molecular formula is C16H21NOS. The maximum absolute atomic E-state index is 9.37. The highest BCUT2D eigenvalue weighted by Crippen LogP contribution is 2.27. The van der Waals surface area contributed by atoms with E-state index in [0.29, 0.717) is 0 Å². The highest BCUT2D eigenvalue weighted by Gasteiger charge is 2.21. The monoisotopic (exact) mass is 275 g/mol. The molecule has 2 nitrogen and oxygen atoms in total. The Kier molecular flexibility index (Phi) is 4.75. The van der Waals surface area contributed by atoms with Crippen molar-refractivity contribution in [3.05, 3.63) is 58.3 Å². The number of hydrogen-bond acceptors (Lipinski definition) is 3. The summed E-state index contributed by atoms with van der Waals surface area (Å²) in [5.41, 5.74) is 1.16. The van der Waals surface area contributed by atoms with Crippen molar-refractivity contribution in [2.75, 3.05) is 13.2 Å². The van der Waals surface area contributed by atoms with Crippen LogP contribution in [0.15, 0.2) is 47.8 Å². The number of rotatable bonds is 6. The highest BCUT2D eigenvalue weighted by atomic mass is 32.1. The predicted molar refractivity (Wildman–Crippen MR) is 81.5 cm³/mol. The molecular weight excluding hydrogens is 254 g/mol. The van der Waals surface area contributed by atoms with Crippen LogP contribution in [-0.2, 0) is 0 Å². The summed E-state index contributed by atoms with van der Waals surface area (Å²) in [7, 11) is 0. The fraction of sp³-hybridized carbons (Fsp3) is 0.375. The van der Waals surface area contributed by atoms with Crippen LogP contribution >= 0.6 is 11.3 Å². The van der Waals surface area contributed by atoms with Gasteiger partial charge in [-0.15, -0.1) is 11.3 Å². The van der Waals surface area contributed by atoms with Gasteiger partial charge in [-0.2, -0.15) is 0 Å². The molecule has 1 heterocycles. The van der Waals surface area contributed by atoms with Gasteiger partial charge in [-0.3, -0.25) is 0 Å². The highest BCUT2D eigenvalue weighted by molar-refractivity contribution is 7.10. The summed E-state index contributed by atoms with van der Waals surface area (Å²) < 4.78 is 0. The summed E-state index contributed by atoms with van der Waals surface area (Å²) in [5.74, 6) is 0. The van der Waals surface area contributed by atoms with E-state index in [1.165, 1.54) is 10.4 Å². The molecule has 0 radical (unpaired) electrons. The fourth-order valence-corrected chi connectivity index (χ4v) is 2.74. The Hall–Kier alpha value is -1.16. The number of thiophene rings is 1. The van der Waals surface area contributed by atoms with Gasteiger partial charge in [0, 0.05) is 23.4 Å². The van der Waals surface area contributed by atoms with Crippen molar-refractivity contribution in [3.8, 4) is 0 Å². The van der Waals surface area contributed by atoms with Gasteiger partial charge in [0.1, 0.15) is 0 Å². The average Bonchev–Trinajstić information content (AvgIpc) is 2.94. The van der Waals surface area contributed by atoms with Crippen LogP contribution in [0.4, 0.5) is 0 Å². The number of benzene rings is 1. The Morgan fingerprint density at radius 1 is 1.16 bits per heavy atom. The molecule has 1 atom stereocenters. The Balaban J connectivity index is 2.17. The molecule has 0 spiro atoms. The first kappa shape index (κ1) is 14.3. The SMILES string of the molecule is CC(C)(CO)CNC(c1ccccc1)c1cccs1. The maximum atomic E-state index is 9.37. The normalized spacial score (nSPS) is 13.4. The van der Waals surface area contributed by atoms with E-state index in [1.54, 1.807) is 11.3 Å². The maximum Gasteiger partial charge on any atom is 0.0671 e. The molecule has 102 valence electrons. The van der Waals surface area contributed by atoms with Crippen molar-refractivity contribution < 1.29 is 5.11 Å². The molecule has 3 heteroatoms. The largest absolute Gasteiger partial charge is 0.396 e. The van der Waals surface area contributed by atoms with Crippen LogP contribution in [0, 0.1) is 5.41 Å². The van der Waals surface area contributed by atoms with E-state index in [0.717, 1.165) is 6.54 Å². The van der Waals surface area contributed by atoms with Crippen LogP contribution in [-0.4, -0.2) is 18.3 Å². The molecule has 0 fully saturated rings. The topological polar surface area (TPSA) is 32.3 Å². The first-order chi connectivity index (χ1) is 9.12. The van der Waals surface area contributed by atoms with Gasteiger partial charge >= 0.3 is 0 Å². The van der Waals surface area contributed by atoms with Gasteiger partial charge in [0.2, 0.25) is 0 Å². The lowest BCUT2D eigenvalue weighted by Gasteiger charge is -2.26. The fourth-order valence-electron chi connectivity index (χ4n) is 1.92. The van der Waals surface area contributed by atoms with Crippen molar-refractivity contribution in [2.45, 2.75) is 19.9 Å².